The number of rotatable bonds is 4. The average Bonchev–Trinajstić information content (AvgIpc) is 2.66. The summed E-state index contributed by atoms with van der Waals surface area (Å²) in [5.74, 6) is -2.20. The molecule has 144 valence electrons. The third kappa shape index (κ3) is 4.02. The molecule has 5 heteroatoms. The Balaban J connectivity index is 2.03. The Labute approximate surface area is 157 Å². The zero-order valence-electron chi connectivity index (χ0n) is 15.2. The summed E-state index contributed by atoms with van der Waals surface area (Å²) in [6.07, 6.45) is -2.20. The first-order chi connectivity index (χ1) is 12.8. The molecule has 1 aliphatic rings. The van der Waals surface area contributed by atoms with E-state index in [1.807, 2.05) is 25.1 Å². The number of carboxylic acids is 1. The molecule has 0 atom stereocenters. The number of alkyl halides is 3. The van der Waals surface area contributed by atoms with Crippen molar-refractivity contribution in [2.45, 2.75) is 51.1 Å². The Morgan fingerprint density at radius 2 is 1.70 bits per heavy atom. The van der Waals surface area contributed by atoms with E-state index in [2.05, 4.69) is 0 Å². The molecule has 1 fully saturated rings. The summed E-state index contributed by atoms with van der Waals surface area (Å²) in [5, 5.41) is 9.59. The summed E-state index contributed by atoms with van der Waals surface area (Å²) in [6.45, 7) is 2.01. The number of benzene rings is 2. The van der Waals surface area contributed by atoms with Crippen LogP contribution in [0.2, 0.25) is 0 Å². The van der Waals surface area contributed by atoms with E-state index >= 15 is 0 Å². The lowest BCUT2D eigenvalue weighted by atomic mass is 9.75. The van der Waals surface area contributed by atoms with Crippen molar-refractivity contribution in [3.8, 4) is 11.1 Å². The van der Waals surface area contributed by atoms with Crippen molar-refractivity contribution in [3.63, 3.8) is 0 Å². The average molecular weight is 376 g/mol. The summed E-state index contributed by atoms with van der Waals surface area (Å²) in [7, 11) is 0. The molecule has 1 N–H and O–H groups in total. The van der Waals surface area contributed by atoms with Crippen LogP contribution in [0.3, 0.4) is 0 Å². The van der Waals surface area contributed by atoms with E-state index in [9.17, 15) is 23.1 Å². The van der Waals surface area contributed by atoms with Crippen molar-refractivity contribution in [1.29, 1.82) is 0 Å². The van der Waals surface area contributed by atoms with Crippen LogP contribution in [-0.2, 0) is 6.42 Å². The fourth-order valence-electron chi connectivity index (χ4n) is 4.20. The Morgan fingerprint density at radius 1 is 1.04 bits per heavy atom. The molecule has 0 radical (unpaired) electrons. The molecule has 0 amide bonds. The highest BCUT2D eigenvalue weighted by Crippen LogP contribution is 2.46. The van der Waals surface area contributed by atoms with Gasteiger partial charge in [0.25, 0.3) is 0 Å². The van der Waals surface area contributed by atoms with Crippen molar-refractivity contribution >= 4 is 5.97 Å². The van der Waals surface area contributed by atoms with Gasteiger partial charge in [0, 0.05) is 0 Å². The highest BCUT2D eigenvalue weighted by atomic mass is 19.4. The zero-order chi connectivity index (χ0) is 19.6. The Bertz CT molecular complexity index is 819. The van der Waals surface area contributed by atoms with Crippen molar-refractivity contribution in [3.05, 3.63) is 59.2 Å². The van der Waals surface area contributed by atoms with Gasteiger partial charge in [-0.3, -0.25) is 0 Å². The lowest BCUT2D eigenvalue weighted by molar-refractivity contribution is -0.182. The highest BCUT2D eigenvalue weighted by Gasteiger charge is 2.41. The summed E-state index contributed by atoms with van der Waals surface area (Å²) < 4.78 is 39.0. The van der Waals surface area contributed by atoms with Crippen molar-refractivity contribution in [2.24, 2.45) is 5.92 Å². The van der Waals surface area contributed by atoms with E-state index in [0.29, 0.717) is 18.4 Å². The summed E-state index contributed by atoms with van der Waals surface area (Å²) in [6, 6.07) is 12.7. The standard InChI is InChI=1S/C22H23F3O2/c1-2-14-6-5-9-17(15-10-12-16(13-11-15)22(23,24)25)20(14)18-7-3-4-8-19(18)21(26)27/h3-9,15-16H,2,10-13H2,1H3,(H,26,27). The summed E-state index contributed by atoms with van der Waals surface area (Å²) in [5.41, 5.74) is 3.76. The van der Waals surface area contributed by atoms with Crippen LogP contribution in [0.5, 0.6) is 0 Å². The van der Waals surface area contributed by atoms with Gasteiger partial charge in [-0.25, -0.2) is 4.79 Å². The Hall–Kier alpha value is -2.30. The van der Waals surface area contributed by atoms with Crippen LogP contribution in [-0.4, -0.2) is 17.3 Å². The van der Waals surface area contributed by atoms with Crippen LogP contribution in [0.1, 0.15) is 60.0 Å². The van der Waals surface area contributed by atoms with Gasteiger partial charge in [0.1, 0.15) is 0 Å². The van der Waals surface area contributed by atoms with Gasteiger partial charge < -0.3 is 5.11 Å². The second-order valence-electron chi connectivity index (χ2n) is 7.18. The number of carboxylic acid groups (broad SMARTS) is 1. The highest BCUT2D eigenvalue weighted by molar-refractivity contribution is 5.97. The Morgan fingerprint density at radius 3 is 2.30 bits per heavy atom. The molecule has 0 bridgehead atoms. The van der Waals surface area contributed by atoms with Crippen LogP contribution in [0.15, 0.2) is 42.5 Å². The molecule has 1 aliphatic carbocycles. The number of hydrogen-bond donors (Lipinski definition) is 1. The van der Waals surface area contributed by atoms with Crippen LogP contribution < -0.4 is 0 Å². The molecule has 0 saturated heterocycles. The fraction of sp³-hybridized carbons (Fsp3) is 0.409. The third-order valence-corrected chi connectivity index (χ3v) is 5.62. The minimum atomic E-state index is -4.13. The number of hydrogen-bond acceptors (Lipinski definition) is 1. The molecule has 2 aromatic rings. The van der Waals surface area contributed by atoms with Crippen molar-refractivity contribution in [1.82, 2.24) is 0 Å². The van der Waals surface area contributed by atoms with Gasteiger partial charge in [-0.05, 0) is 66.3 Å². The van der Waals surface area contributed by atoms with Crippen LogP contribution >= 0.6 is 0 Å². The predicted molar refractivity (Wildman–Crippen MR) is 99.0 cm³/mol. The van der Waals surface area contributed by atoms with Gasteiger partial charge in [0.2, 0.25) is 0 Å². The molecule has 3 rings (SSSR count). The van der Waals surface area contributed by atoms with Gasteiger partial charge in [0.05, 0.1) is 11.5 Å². The van der Waals surface area contributed by atoms with E-state index in [1.165, 1.54) is 0 Å². The molecule has 2 nitrogen and oxygen atoms in total. The first-order valence-corrected chi connectivity index (χ1v) is 9.34. The maximum atomic E-state index is 13.0. The smallest absolute Gasteiger partial charge is 0.391 e. The topological polar surface area (TPSA) is 37.3 Å². The van der Waals surface area contributed by atoms with Crippen LogP contribution in [0, 0.1) is 5.92 Å². The zero-order valence-corrected chi connectivity index (χ0v) is 15.2. The first kappa shape index (κ1) is 19.5. The number of halogens is 3. The van der Waals surface area contributed by atoms with Crippen LogP contribution in [0.25, 0.3) is 11.1 Å². The van der Waals surface area contributed by atoms with E-state index in [4.69, 9.17) is 0 Å². The molecule has 0 heterocycles. The van der Waals surface area contributed by atoms with E-state index in [1.54, 1.807) is 24.3 Å². The molecule has 0 spiro atoms. The molecular weight excluding hydrogens is 353 g/mol. The fourth-order valence-corrected chi connectivity index (χ4v) is 4.20. The van der Waals surface area contributed by atoms with Crippen molar-refractivity contribution in [2.75, 3.05) is 0 Å². The molecule has 27 heavy (non-hydrogen) atoms. The third-order valence-electron chi connectivity index (χ3n) is 5.62. The lowest BCUT2D eigenvalue weighted by Gasteiger charge is -2.32. The van der Waals surface area contributed by atoms with E-state index in [-0.39, 0.29) is 24.3 Å². The second-order valence-corrected chi connectivity index (χ2v) is 7.18. The Kier molecular flexibility index (Phi) is 5.59. The van der Waals surface area contributed by atoms with Gasteiger partial charge in [-0.2, -0.15) is 13.2 Å². The maximum absolute atomic E-state index is 13.0. The quantitative estimate of drug-likeness (QED) is 0.666. The first-order valence-electron chi connectivity index (χ1n) is 9.34. The minimum absolute atomic E-state index is 0.0203. The normalized spacial score (nSPS) is 20.4. The number of aryl methyl sites for hydroxylation is 1. The maximum Gasteiger partial charge on any atom is 0.391 e. The molecule has 1 saturated carbocycles. The van der Waals surface area contributed by atoms with Gasteiger partial charge in [-0.15, -0.1) is 0 Å². The molecule has 0 aliphatic heterocycles. The summed E-state index contributed by atoms with van der Waals surface area (Å²) in [4.78, 5) is 11.7. The summed E-state index contributed by atoms with van der Waals surface area (Å²) >= 11 is 0. The van der Waals surface area contributed by atoms with E-state index in [0.717, 1.165) is 23.1 Å². The van der Waals surface area contributed by atoms with Gasteiger partial charge >= 0.3 is 12.1 Å². The van der Waals surface area contributed by atoms with E-state index < -0.39 is 18.1 Å². The molecular formula is C22H23F3O2. The second kappa shape index (κ2) is 7.75. The van der Waals surface area contributed by atoms with Gasteiger partial charge in [-0.1, -0.05) is 43.3 Å². The lowest BCUT2D eigenvalue weighted by Crippen LogP contribution is -2.27. The molecule has 0 aromatic heterocycles. The number of aromatic carboxylic acids is 1. The predicted octanol–water partition coefficient (Wildman–Crippen LogP) is 6.45. The van der Waals surface area contributed by atoms with Crippen molar-refractivity contribution < 1.29 is 23.1 Å². The van der Waals surface area contributed by atoms with Crippen LogP contribution in [0.4, 0.5) is 13.2 Å². The minimum Gasteiger partial charge on any atom is -0.478 e. The monoisotopic (exact) mass is 376 g/mol. The largest absolute Gasteiger partial charge is 0.478 e. The van der Waals surface area contributed by atoms with Gasteiger partial charge in [0.15, 0.2) is 0 Å². The number of carbonyl (C=O) groups is 1. The molecule has 0 unspecified atom stereocenters. The SMILES string of the molecule is CCc1cccc(C2CCC(C(F)(F)F)CC2)c1-c1ccccc1C(=O)O. The molecule has 2 aromatic carbocycles.